The van der Waals surface area contributed by atoms with Gasteiger partial charge in [0.25, 0.3) is 0 Å². The maximum atomic E-state index is 12.8. The topological polar surface area (TPSA) is 269 Å². The Morgan fingerprint density at radius 1 is 0.721 bits per heavy atom. The molecule has 1 aromatic heterocycles. The van der Waals surface area contributed by atoms with Crippen LogP contribution in [0.15, 0.2) is 45.6 Å². The molecule has 3 aromatic rings. The quantitative estimate of drug-likeness (QED) is 0.125. The molecule has 5 rings (SSSR count). The van der Waals surface area contributed by atoms with Crippen LogP contribution in [0.1, 0.15) is 0 Å². The van der Waals surface area contributed by atoms with E-state index in [1.54, 1.807) is 0 Å². The maximum Gasteiger partial charge on any atom is 0.229 e. The van der Waals surface area contributed by atoms with Crippen molar-refractivity contribution in [2.45, 2.75) is 61.4 Å². The highest BCUT2D eigenvalue weighted by Gasteiger charge is 2.48. The Bertz CT molecular complexity index is 1490. The fraction of sp³-hybridized carbons (Fsp3) is 0.444. The van der Waals surface area contributed by atoms with Crippen molar-refractivity contribution in [2.75, 3.05) is 13.2 Å². The molecule has 3 heterocycles. The van der Waals surface area contributed by atoms with Gasteiger partial charge in [0.1, 0.15) is 71.3 Å². The van der Waals surface area contributed by atoms with Crippen LogP contribution in [0.2, 0.25) is 0 Å². The van der Waals surface area contributed by atoms with Crippen LogP contribution in [0, 0.1) is 0 Å². The zero-order valence-corrected chi connectivity index (χ0v) is 22.1. The first-order valence-electron chi connectivity index (χ1n) is 13.0. The summed E-state index contributed by atoms with van der Waals surface area (Å²) in [7, 11) is 0. The van der Waals surface area contributed by atoms with Gasteiger partial charge < -0.3 is 74.4 Å². The molecule has 0 saturated carbocycles. The van der Waals surface area contributed by atoms with Crippen LogP contribution in [0.3, 0.4) is 0 Å². The molecule has 0 radical (unpaired) electrons. The molecule has 234 valence electrons. The molecule has 10 unspecified atom stereocenters. The van der Waals surface area contributed by atoms with Crippen molar-refractivity contribution in [1.82, 2.24) is 0 Å². The van der Waals surface area contributed by atoms with E-state index in [2.05, 4.69) is 0 Å². The molecule has 2 aliphatic rings. The number of hydrogen-bond acceptors (Lipinski definition) is 16. The Balaban J connectivity index is 1.38. The van der Waals surface area contributed by atoms with Crippen LogP contribution in [0.5, 0.6) is 23.0 Å². The normalized spacial score (nSPS) is 33.0. The van der Waals surface area contributed by atoms with Crippen molar-refractivity contribution in [3.8, 4) is 34.3 Å². The van der Waals surface area contributed by atoms with Gasteiger partial charge in [-0.05, 0) is 24.3 Å². The van der Waals surface area contributed by atoms with Gasteiger partial charge in [-0.15, -0.1) is 0 Å². The third-order valence-corrected chi connectivity index (χ3v) is 7.27. The van der Waals surface area contributed by atoms with Gasteiger partial charge in [-0.1, -0.05) is 0 Å². The van der Waals surface area contributed by atoms with Gasteiger partial charge >= 0.3 is 0 Å². The Morgan fingerprint density at radius 3 is 1.98 bits per heavy atom. The van der Waals surface area contributed by atoms with Gasteiger partial charge in [-0.3, -0.25) is 4.79 Å². The second-order valence-electron chi connectivity index (χ2n) is 10.1. The predicted molar refractivity (Wildman–Crippen MR) is 140 cm³/mol. The molecule has 2 aromatic carbocycles. The summed E-state index contributed by atoms with van der Waals surface area (Å²) in [4.78, 5) is 12.8. The summed E-state index contributed by atoms with van der Waals surface area (Å²) in [5.74, 6) is -2.36. The summed E-state index contributed by atoms with van der Waals surface area (Å²) in [5, 5.41) is 101. The smallest absolute Gasteiger partial charge is 0.229 e. The van der Waals surface area contributed by atoms with Crippen molar-refractivity contribution in [2.24, 2.45) is 0 Å². The molecule has 2 fully saturated rings. The van der Waals surface area contributed by atoms with Gasteiger partial charge in [-0.2, -0.15) is 0 Å². The highest BCUT2D eigenvalue weighted by atomic mass is 16.7. The highest BCUT2D eigenvalue weighted by molar-refractivity contribution is 5.89. The van der Waals surface area contributed by atoms with Crippen molar-refractivity contribution in [3.05, 3.63) is 46.6 Å². The molecule has 10 N–H and O–H groups in total. The number of ether oxygens (including phenoxy) is 4. The van der Waals surface area contributed by atoms with Gasteiger partial charge in [0.2, 0.25) is 12.0 Å². The van der Waals surface area contributed by atoms with Gasteiger partial charge in [0.15, 0.2) is 23.2 Å². The molecule has 0 spiro atoms. The Kier molecular flexibility index (Phi) is 8.77. The molecular weight excluding hydrogens is 580 g/mol. The standard InChI is InChI=1S/C27H30O16/c28-7-15-19(32)22(35)24(37)26(42-15)39-8-16-20(33)23(36)25(38)27(43-16)41-14-6-13-17(21(34)18(14)31)11(30)5-12(40-13)9-1-3-10(29)4-2-9/h1-6,15-16,19-20,22-29,31-38H,7-8H2. The Hall–Kier alpha value is -3.55. The minimum absolute atomic E-state index is 0.0274. The minimum Gasteiger partial charge on any atom is -0.508 e. The van der Waals surface area contributed by atoms with E-state index in [0.29, 0.717) is 5.56 Å². The molecule has 2 saturated heterocycles. The van der Waals surface area contributed by atoms with Gasteiger partial charge in [0.05, 0.1) is 13.2 Å². The van der Waals surface area contributed by atoms with Crippen molar-refractivity contribution >= 4 is 11.0 Å². The van der Waals surface area contributed by atoms with Crippen LogP contribution in [0.4, 0.5) is 0 Å². The number of aliphatic hydroxyl groups is 7. The third kappa shape index (κ3) is 5.85. The molecular formula is C27H30O16. The van der Waals surface area contributed by atoms with E-state index in [0.717, 1.165) is 12.1 Å². The van der Waals surface area contributed by atoms with Crippen LogP contribution in [-0.2, 0) is 14.2 Å². The average molecular weight is 611 g/mol. The number of benzene rings is 2. The zero-order valence-electron chi connectivity index (χ0n) is 22.1. The fourth-order valence-corrected chi connectivity index (χ4v) is 4.80. The second-order valence-corrected chi connectivity index (χ2v) is 10.1. The van der Waals surface area contributed by atoms with E-state index in [1.165, 1.54) is 24.3 Å². The lowest BCUT2D eigenvalue weighted by Crippen LogP contribution is -2.62. The first kappa shape index (κ1) is 30.9. The number of fused-ring (bicyclic) bond motifs is 1. The lowest BCUT2D eigenvalue weighted by molar-refractivity contribution is -0.323. The van der Waals surface area contributed by atoms with Crippen molar-refractivity contribution in [1.29, 1.82) is 0 Å². The lowest BCUT2D eigenvalue weighted by atomic mass is 9.98. The third-order valence-electron chi connectivity index (χ3n) is 7.27. The summed E-state index contributed by atoms with van der Waals surface area (Å²) in [5.41, 5.74) is -0.562. The number of aliphatic hydroxyl groups excluding tert-OH is 7. The monoisotopic (exact) mass is 610 g/mol. The first-order valence-corrected chi connectivity index (χ1v) is 13.0. The molecule has 10 atom stereocenters. The summed E-state index contributed by atoms with van der Waals surface area (Å²) in [6.45, 7) is -1.35. The summed E-state index contributed by atoms with van der Waals surface area (Å²) < 4.78 is 27.4. The van der Waals surface area contributed by atoms with Crippen molar-refractivity contribution in [3.63, 3.8) is 0 Å². The summed E-state index contributed by atoms with van der Waals surface area (Å²) >= 11 is 0. The molecule has 0 aliphatic carbocycles. The van der Waals surface area contributed by atoms with Crippen LogP contribution in [0.25, 0.3) is 22.3 Å². The second kappa shape index (κ2) is 12.2. The number of phenols is 3. The lowest BCUT2D eigenvalue weighted by Gasteiger charge is -2.42. The highest BCUT2D eigenvalue weighted by Crippen LogP contribution is 2.42. The predicted octanol–water partition coefficient (Wildman–Crippen LogP) is -2.42. The molecule has 16 heteroatoms. The van der Waals surface area contributed by atoms with E-state index in [1.807, 2.05) is 0 Å². The van der Waals surface area contributed by atoms with Gasteiger partial charge in [-0.25, -0.2) is 0 Å². The van der Waals surface area contributed by atoms with E-state index >= 15 is 0 Å². The minimum atomic E-state index is -1.91. The number of hydrogen-bond donors (Lipinski definition) is 10. The van der Waals surface area contributed by atoms with Crippen molar-refractivity contribution < 1.29 is 74.4 Å². The Morgan fingerprint density at radius 2 is 1.33 bits per heavy atom. The molecule has 0 amide bonds. The van der Waals surface area contributed by atoms with E-state index < -0.39 is 103 Å². The van der Waals surface area contributed by atoms with Crippen LogP contribution >= 0.6 is 0 Å². The largest absolute Gasteiger partial charge is 0.508 e. The number of phenolic OH excluding ortho intramolecular Hbond substituents is 3. The summed E-state index contributed by atoms with van der Waals surface area (Å²) in [6.07, 6.45) is -16.9. The fourth-order valence-electron chi connectivity index (χ4n) is 4.80. The first-order chi connectivity index (χ1) is 20.4. The number of aromatic hydroxyl groups is 3. The van der Waals surface area contributed by atoms with Gasteiger partial charge in [0, 0.05) is 17.7 Å². The summed E-state index contributed by atoms with van der Waals surface area (Å²) in [6, 6.07) is 7.77. The average Bonchev–Trinajstić information content (AvgIpc) is 2.99. The molecule has 0 bridgehead atoms. The van der Waals surface area contributed by atoms with E-state index in [-0.39, 0.29) is 17.1 Å². The molecule has 16 nitrogen and oxygen atoms in total. The molecule has 2 aliphatic heterocycles. The zero-order chi connectivity index (χ0) is 31.2. The molecule has 43 heavy (non-hydrogen) atoms. The Labute approximate surface area is 241 Å². The maximum absolute atomic E-state index is 12.8. The van der Waals surface area contributed by atoms with Crippen LogP contribution < -0.4 is 10.2 Å². The van der Waals surface area contributed by atoms with Crippen LogP contribution in [-0.4, -0.2) is 126 Å². The SMILES string of the molecule is O=c1cc(-c2ccc(O)cc2)oc2cc(OC3OC(COC4OC(CO)C(O)C(O)C4O)C(O)C(O)C3O)c(O)c(O)c12. The van der Waals surface area contributed by atoms with E-state index in [4.69, 9.17) is 23.4 Å². The number of rotatable bonds is 7. The van der Waals surface area contributed by atoms with E-state index in [9.17, 15) is 55.9 Å².